The molecule has 0 aliphatic heterocycles. The van der Waals surface area contributed by atoms with E-state index in [4.69, 9.17) is 0 Å². The van der Waals surface area contributed by atoms with Gasteiger partial charge in [0, 0.05) is 16.9 Å². The van der Waals surface area contributed by atoms with Gasteiger partial charge in [-0.05, 0) is 42.7 Å². The van der Waals surface area contributed by atoms with Gasteiger partial charge in [-0.15, -0.1) is 10.2 Å². The molecule has 4 nitrogen and oxygen atoms in total. The van der Waals surface area contributed by atoms with Crippen molar-refractivity contribution in [3.05, 3.63) is 70.8 Å². The molecule has 0 bridgehead atoms. The van der Waals surface area contributed by atoms with Gasteiger partial charge in [-0.25, -0.2) is 8.78 Å². The predicted molar refractivity (Wildman–Crippen MR) is 113 cm³/mol. The van der Waals surface area contributed by atoms with Crippen molar-refractivity contribution in [1.29, 1.82) is 0 Å². The molecule has 0 spiro atoms. The number of nitrogens with one attached hydrogen (secondary N) is 1. The summed E-state index contributed by atoms with van der Waals surface area (Å²) in [5.74, 6) is -1.35. The van der Waals surface area contributed by atoms with Crippen LogP contribution in [0.5, 0.6) is 0 Å². The Morgan fingerprint density at radius 3 is 2.48 bits per heavy atom. The van der Waals surface area contributed by atoms with Crippen LogP contribution in [0, 0.1) is 11.6 Å². The molecule has 1 aromatic heterocycles. The first-order chi connectivity index (χ1) is 14.1. The molecule has 1 N–H and O–H groups in total. The Hall–Kier alpha value is -2.32. The highest BCUT2D eigenvalue weighted by atomic mass is 32.2. The molecule has 1 heterocycles. The molecule has 152 valence electrons. The molecule has 1 amide bonds. The van der Waals surface area contributed by atoms with E-state index in [2.05, 4.69) is 22.4 Å². The van der Waals surface area contributed by atoms with Crippen LogP contribution in [0.1, 0.15) is 47.7 Å². The summed E-state index contributed by atoms with van der Waals surface area (Å²) < 4.78 is 27.9. The standard InChI is InChI=1S/C21H21F2N3OS2/c1-2-3-4-6-14-9-11-15(12-10-14)19(27)24-20-25-26-21(29-20)28-13-16-17(22)7-5-8-18(16)23/h5,7-12H,2-4,6,13H2,1H3,(H,24,25,27). The lowest BCUT2D eigenvalue weighted by molar-refractivity contribution is 0.102. The SMILES string of the molecule is CCCCCc1ccc(C(=O)Nc2nnc(SCc3c(F)cccc3F)s2)cc1. The highest BCUT2D eigenvalue weighted by Gasteiger charge is 2.13. The van der Waals surface area contributed by atoms with E-state index in [-0.39, 0.29) is 17.2 Å². The minimum Gasteiger partial charge on any atom is -0.296 e. The summed E-state index contributed by atoms with van der Waals surface area (Å²) in [6.45, 7) is 2.17. The lowest BCUT2D eigenvalue weighted by Crippen LogP contribution is -2.11. The molecule has 3 aromatic rings. The summed E-state index contributed by atoms with van der Waals surface area (Å²) in [7, 11) is 0. The number of hydrogen-bond acceptors (Lipinski definition) is 5. The van der Waals surface area contributed by atoms with E-state index in [9.17, 15) is 13.6 Å². The number of rotatable bonds is 9. The number of halogens is 2. The van der Waals surface area contributed by atoms with E-state index in [1.165, 1.54) is 59.7 Å². The fourth-order valence-corrected chi connectivity index (χ4v) is 4.46. The average Bonchev–Trinajstić information content (AvgIpc) is 3.15. The Bertz CT molecular complexity index is 941. The predicted octanol–water partition coefficient (Wildman–Crippen LogP) is 6.09. The Morgan fingerprint density at radius 2 is 1.79 bits per heavy atom. The summed E-state index contributed by atoms with van der Waals surface area (Å²) >= 11 is 2.34. The minimum atomic E-state index is -0.589. The number of carbonyl (C=O) groups excluding carboxylic acids is 1. The number of unbranched alkanes of at least 4 members (excludes halogenated alkanes) is 2. The summed E-state index contributed by atoms with van der Waals surface area (Å²) in [4.78, 5) is 12.4. The normalized spacial score (nSPS) is 10.9. The van der Waals surface area contributed by atoms with Gasteiger partial charge in [-0.3, -0.25) is 10.1 Å². The highest BCUT2D eigenvalue weighted by molar-refractivity contribution is 8.00. The van der Waals surface area contributed by atoms with Gasteiger partial charge in [-0.1, -0.05) is 61.1 Å². The second-order valence-corrected chi connectivity index (χ2v) is 8.67. The summed E-state index contributed by atoms with van der Waals surface area (Å²) in [5.41, 5.74) is 1.75. The zero-order chi connectivity index (χ0) is 20.6. The Morgan fingerprint density at radius 1 is 1.07 bits per heavy atom. The molecule has 0 saturated carbocycles. The van der Waals surface area contributed by atoms with E-state index < -0.39 is 11.6 Å². The number of amides is 1. The fourth-order valence-electron chi connectivity index (χ4n) is 2.69. The molecule has 0 fully saturated rings. The minimum absolute atomic E-state index is 0.00249. The third kappa shape index (κ3) is 6.08. The second kappa shape index (κ2) is 10.5. The Labute approximate surface area is 176 Å². The van der Waals surface area contributed by atoms with Crippen LogP contribution in [0.3, 0.4) is 0 Å². The molecule has 0 saturated heterocycles. The van der Waals surface area contributed by atoms with Gasteiger partial charge in [0.05, 0.1) is 0 Å². The number of carbonyl (C=O) groups is 1. The van der Waals surface area contributed by atoms with E-state index in [1.807, 2.05) is 12.1 Å². The topological polar surface area (TPSA) is 54.9 Å². The molecule has 0 unspecified atom stereocenters. The molecule has 0 atom stereocenters. The Kier molecular flexibility index (Phi) is 7.71. The average molecular weight is 434 g/mol. The molecular formula is C21H21F2N3OS2. The van der Waals surface area contributed by atoms with Crippen LogP contribution < -0.4 is 5.32 Å². The third-order valence-corrected chi connectivity index (χ3v) is 6.31. The lowest BCUT2D eigenvalue weighted by Gasteiger charge is -2.04. The molecule has 0 radical (unpaired) electrons. The van der Waals surface area contributed by atoms with Crippen LogP contribution in [0.15, 0.2) is 46.8 Å². The maximum Gasteiger partial charge on any atom is 0.257 e. The first kappa shape index (κ1) is 21.4. The van der Waals surface area contributed by atoms with Crippen molar-refractivity contribution in [3.63, 3.8) is 0 Å². The van der Waals surface area contributed by atoms with Crippen molar-refractivity contribution in [2.24, 2.45) is 0 Å². The van der Waals surface area contributed by atoms with Crippen LogP contribution in [-0.4, -0.2) is 16.1 Å². The maximum atomic E-state index is 13.7. The number of aromatic nitrogens is 2. The monoisotopic (exact) mass is 433 g/mol. The van der Waals surface area contributed by atoms with Crippen LogP contribution in [0.4, 0.5) is 13.9 Å². The smallest absolute Gasteiger partial charge is 0.257 e. The fraction of sp³-hybridized carbons (Fsp3) is 0.286. The molecule has 2 aromatic carbocycles. The van der Waals surface area contributed by atoms with Gasteiger partial charge in [0.25, 0.3) is 5.91 Å². The zero-order valence-electron chi connectivity index (χ0n) is 16.0. The van der Waals surface area contributed by atoms with E-state index in [0.29, 0.717) is 15.0 Å². The van der Waals surface area contributed by atoms with E-state index in [1.54, 1.807) is 12.1 Å². The van der Waals surface area contributed by atoms with Crippen molar-refractivity contribution >= 4 is 34.1 Å². The zero-order valence-corrected chi connectivity index (χ0v) is 17.6. The molecule has 0 aliphatic rings. The Balaban J connectivity index is 1.54. The third-order valence-electron chi connectivity index (χ3n) is 4.31. The number of hydrogen-bond donors (Lipinski definition) is 1. The maximum absolute atomic E-state index is 13.7. The summed E-state index contributed by atoms with van der Waals surface area (Å²) in [5, 5.41) is 11.0. The summed E-state index contributed by atoms with van der Waals surface area (Å²) in [6, 6.07) is 11.3. The van der Waals surface area contributed by atoms with Crippen molar-refractivity contribution < 1.29 is 13.6 Å². The van der Waals surface area contributed by atoms with Gasteiger partial charge >= 0.3 is 0 Å². The van der Waals surface area contributed by atoms with Gasteiger partial charge < -0.3 is 0 Å². The van der Waals surface area contributed by atoms with Gasteiger partial charge in [0.2, 0.25) is 5.13 Å². The first-order valence-electron chi connectivity index (χ1n) is 9.36. The molecule has 0 aliphatic carbocycles. The molecule has 3 rings (SSSR count). The number of thioether (sulfide) groups is 1. The van der Waals surface area contributed by atoms with Gasteiger partial charge in [0.15, 0.2) is 4.34 Å². The number of nitrogens with zero attached hydrogens (tertiary/aromatic N) is 2. The molecule has 8 heteroatoms. The first-order valence-corrected chi connectivity index (χ1v) is 11.2. The van der Waals surface area contributed by atoms with E-state index >= 15 is 0 Å². The molecule has 29 heavy (non-hydrogen) atoms. The van der Waals surface area contributed by atoms with Crippen LogP contribution in [0.2, 0.25) is 0 Å². The van der Waals surface area contributed by atoms with Crippen LogP contribution in [0.25, 0.3) is 0 Å². The quantitative estimate of drug-likeness (QED) is 0.252. The molecular weight excluding hydrogens is 412 g/mol. The van der Waals surface area contributed by atoms with Crippen molar-refractivity contribution in [2.75, 3.05) is 5.32 Å². The number of aryl methyl sites for hydroxylation is 1. The van der Waals surface area contributed by atoms with Crippen LogP contribution >= 0.6 is 23.1 Å². The largest absolute Gasteiger partial charge is 0.296 e. The highest BCUT2D eigenvalue weighted by Crippen LogP contribution is 2.30. The van der Waals surface area contributed by atoms with Crippen LogP contribution in [-0.2, 0) is 12.2 Å². The second-order valence-electron chi connectivity index (χ2n) is 6.47. The number of benzene rings is 2. The lowest BCUT2D eigenvalue weighted by atomic mass is 10.1. The summed E-state index contributed by atoms with van der Waals surface area (Å²) in [6.07, 6.45) is 4.53. The van der Waals surface area contributed by atoms with Gasteiger partial charge in [0.1, 0.15) is 11.6 Å². The number of anilines is 1. The van der Waals surface area contributed by atoms with Gasteiger partial charge in [-0.2, -0.15) is 0 Å². The van der Waals surface area contributed by atoms with Crippen molar-refractivity contribution in [3.8, 4) is 0 Å². The van der Waals surface area contributed by atoms with Crippen molar-refractivity contribution in [1.82, 2.24) is 10.2 Å². The van der Waals surface area contributed by atoms with E-state index in [0.717, 1.165) is 12.8 Å². The van der Waals surface area contributed by atoms with Crippen molar-refractivity contribution in [2.45, 2.75) is 42.7 Å².